The van der Waals surface area contributed by atoms with Crippen LogP contribution >= 0.6 is 0 Å². The summed E-state index contributed by atoms with van der Waals surface area (Å²) in [5, 5.41) is 12.5. The minimum Gasteiger partial charge on any atom is -0.493 e. The van der Waals surface area contributed by atoms with E-state index in [-0.39, 0.29) is 28.2 Å². The van der Waals surface area contributed by atoms with Crippen LogP contribution in [0.25, 0.3) is 33.3 Å². The lowest BCUT2D eigenvalue weighted by molar-refractivity contribution is -0.386. The number of ether oxygens (including phenoxy) is 2. The molecule has 0 amide bonds. The van der Waals surface area contributed by atoms with E-state index in [0.717, 1.165) is 5.39 Å². The van der Waals surface area contributed by atoms with Gasteiger partial charge in [0.1, 0.15) is 5.69 Å². The van der Waals surface area contributed by atoms with Gasteiger partial charge in [-0.15, -0.1) is 0 Å². The molecule has 0 atom stereocenters. The number of hydrogen-bond donors (Lipinski definition) is 0. The molecule has 28 heavy (non-hydrogen) atoms. The summed E-state index contributed by atoms with van der Waals surface area (Å²) in [5.41, 5.74) is -0.606. The predicted molar refractivity (Wildman–Crippen MR) is 103 cm³/mol. The van der Waals surface area contributed by atoms with E-state index in [9.17, 15) is 14.9 Å². The molecule has 0 aliphatic carbocycles. The van der Waals surface area contributed by atoms with Crippen molar-refractivity contribution in [1.82, 2.24) is 4.98 Å². The van der Waals surface area contributed by atoms with Gasteiger partial charge in [0.2, 0.25) is 11.5 Å². The first-order chi connectivity index (χ1) is 13.5. The van der Waals surface area contributed by atoms with Crippen molar-refractivity contribution in [3.63, 3.8) is 0 Å². The Hall–Kier alpha value is -3.94. The SMILES string of the molecule is COc1ccc2c(=O)c([N+](=O)[O-])c(-c3ccc4ccccc4n3)oc2c1OC. The molecule has 2 aromatic heterocycles. The van der Waals surface area contributed by atoms with Crippen molar-refractivity contribution in [2.45, 2.75) is 0 Å². The molecule has 0 radical (unpaired) electrons. The maximum Gasteiger partial charge on any atom is 0.361 e. The Kier molecular flexibility index (Phi) is 4.15. The van der Waals surface area contributed by atoms with Crippen LogP contribution < -0.4 is 14.9 Å². The summed E-state index contributed by atoms with van der Waals surface area (Å²) in [5.74, 6) is 0.276. The fraction of sp³-hybridized carbons (Fsp3) is 0.100. The highest BCUT2D eigenvalue weighted by Crippen LogP contribution is 2.38. The Morgan fingerprint density at radius 1 is 1.04 bits per heavy atom. The molecule has 0 bridgehead atoms. The summed E-state index contributed by atoms with van der Waals surface area (Å²) in [6.07, 6.45) is 0. The predicted octanol–water partition coefficient (Wildman–Crippen LogP) is 3.93. The molecular weight excluding hydrogens is 364 g/mol. The Bertz CT molecular complexity index is 1300. The molecule has 8 heteroatoms. The molecular formula is C20H14N2O6. The van der Waals surface area contributed by atoms with Crippen molar-refractivity contribution in [3.8, 4) is 23.0 Å². The highest BCUT2D eigenvalue weighted by Gasteiger charge is 2.29. The van der Waals surface area contributed by atoms with Gasteiger partial charge in [0.05, 0.1) is 30.0 Å². The van der Waals surface area contributed by atoms with E-state index in [2.05, 4.69) is 4.98 Å². The molecule has 0 unspecified atom stereocenters. The first-order valence-electron chi connectivity index (χ1n) is 8.27. The number of pyridine rings is 1. The fourth-order valence-corrected chi connectivity index (χ4v) is 3.09. The van der Waals surface area contributed by atoms with Crippen molar-refractivity contribution in [3.05, 3.63) is 68.9 Å². The van der Waals surface area contributed by atoms with Crippen molar-refractivity contribution in [2.75, 3.05) is 14.2 Å². The van der Waals surface area contributed by atoms with Crippen LogP contribution in [0.5, 0.6) is 11.5 Å². The monoisotopic (exact) mass is 378 g/mol. The molecule has 2 aromatic carbocycles. The fourth-order valence-electron chi connectivity index (χ4n) is 3.09. The minimum absolute atomic E-state index is 0.0221. The quantitative estimate of drug-likeness (QED) is 0.391. The smallest absolute Gasteiger partial charge is 0.361 e. The number of fused-ring (bicyclic) bond motifs is 2. The Morgan fingerprint density at radius 2 is 1.82 bits per heavy atom. The third-order valence-electron chi connectivity index (χ3n) is 4.39. The molecule has 0 fully saturated rings. The third kappa shape index (κ3) is 2.62. The van der Waals surface area contributed by atoms with E-state index in [1.807, 2.05) is 12.1 Å². The van der Waals surface area contributed by atoms with Crippen LogP contribution in [-0.2, 0) is 0 Å². The van der Waals surface area contributed by atoms with Crippen molar-refractivity contribution < 1.29 is 18.8 Å². The van der Waals surface area contributed by atoms with Crippen LogP contribution in [0.3, 0.4) is 0 Å². The number of methoxy groups -OCH3 is 2. The minimum atomic E-state index is -0.780. The van der Waals surface area contributed by atoms with Crippen molar-refractivity contribution >= 4 is 27.6 Å². The molecule has 140 valence electrons. The second kappa shape index (κ2) is 6.66. The van der Waals surface area contributed by atoms with Gasteiger partial charge in [0, 0.05) is 5.39 Å². The van der Waals surface area contributed by atoms with Crippen LogP contribution in [-0.4, -0.2) is 24.1 Å². The summed E-state index contributed by atoms with van der Waals surface area (Å²) in [4.78, 5) is 28.2. The number of hydrogen-bond acceptors (Lipinski definition) is 7. The van der Waals surface area contributed by atoms with E-state index < -0.39 is 16.0 Å². The Balaban J connectivity index is 2.12. The Labute approximate surface area is 158 Å². The zero-order valence-corrected chi connectivity index (χ0v) is 15.0. The summed E-state index contributed by atoms with van der Waals surface area (Å²) in [6.45, 7) is 0. The lowest BCUT2D eigenvalue weighted by atomic mass is 10.1. The topological polar surface area (TPSA) is 105 Å². The standard InChI is InChI=1S/C20H14N2O6/c1-26-15-10-8-12-17(23)16(22(24)25)19(28-18(12)20(15)27-2)14-9-7-11-5-3-4-6-13(11)21-14/h3-10H,1-2H3. The number of rotatable bonds is 4. The van der Waals surface area contributed by atoms with E-state index in [1.165, 1.54) is 26.4 Å². The molecule has 0 saturated heterocycles. The van der Waals surface area contributed by atoms with Crippen molar-refractivity contribution in [1.29, 1.82) is 0 Å². The van der Waals surface area contributed by atoms with Crippen molar-refractivity contribution in [2.24, 2.45) is 0 Å². The molecule has 0 aliphatic rings. The highest BCUT2D eigenvalue weighted by atomic mass is 16.6. The van der Waals surface area contributed by atoms with E-state index in [1.54, 1.807) is 24.3 Å². The average molecular weight is 378 g/mol. The number of para-hydroxylation sites is 1. The zero-order valence-electron chi connectivity index (χ0n) is 15.0. The molecule has 4 rings (SSSR count). The van der Waals surface area contributed by atoms with Gasteiger partial charge in [-0.05, 0) is 24.3 Å². The van der Waals surface area contributed by atoms with Crippen LogP contribution in [0.2, 0.25) is 0 Å². The largest absolute Gasteiger partial charge is 0.493 e. The molecule has 8 nitrogen and oxygen atoms in total. The summed E-state index contributed by atoms with van der Waals surface area (Å²) in [7, 11) is 2.84. The van der Waals surface area contributed by atoms with Gasteiger partial charge < -0.3 is 13.9 Å². The molecule has 0 aliphatic heterocycles. The molecule has 4 aromatic rings. The first kappa shape index (κ1) is 17.5. The highest BCUT2D eigenvalue weighted by molar-refractivity contribution is 5.90. The van der Waals surface area contributed by atoms with Gasteiger partial charge in [0.25, 0.3) is 5.43 Å². The Morgan fingerprint density at radius 3 is 2.54 bits per heavy atom. The molecule has 0 N–H and O–H groups in total. The number of nitro groups is 1. The summed E-state index contributed by atoms with van der Waals surface area (Å²) >= 11 is 0. The van der Waals surface area contributed by atoms with E-state index >= 15 is 0 Å². The van der Waals surface area contributed by atoms with Gasteiger partial charge in [0.15, 0.2) is 11.3 Å². The molecule has 2 heterocycles. The average Bonchev–Trinajstić information content (AvgIpc) is 2.71. The molecule has 0 spiro atoms. The maximum atomic E-state index is 12.9. The lowest BCUT2D eigenvalue weighted by Gasteiger charge is -2.11. The van der Waals surface area contributed by atoms with Crippen LogP contribution in [0.4, 0.5) is 5.69 Å². The molecule has 0 saturated carbocycles. The second-order valence-electron chi connectivity index (χ2n) is 5.93. The van der Waals surface area contributed by atoms with Gasteiger partial charge >= 0.3 is 5.69 Å². The van der Waals surface area contributed by atoms with Crippen LogP contribution in [0.15, 0.2) is 57.7 Å². The number of benzene rings is 2. The van der Waals surface area contributed by atoms with Gasteiger partial charge in [-0.3, -0.25) is 14.9 Å². The van der Waals surface area contributed by atoms with Crippen LogP contribution in [0.1, 0.15) is 0 Å². The third-order valence-corrected chi connectivity index (χ3v) is 4.39. The van der Waals surface area contributed by atoms with E-state index in [0.29, 0.717) is 11.3 Å². The summed E-state index contributed by atoms with van der Waals surface area (Å²) in [6, 6.07) is 13.5. The lowest BCUT2D eigenvalue weighted by Crippen LogP contribution is -2.11. The zero-order chi connectivity index (χ0) is 19.8. The normalized spacial score (nSPS) is 10.9. The number of aromatic nitrogens is 1. The van der Waals surface area contributed by atoms with Gasteiger partial charge in [-0.1, -0.05) is 24.3 Å². The van der Waals surface area contributed by atoms with E-state index in [4.69, 9.17) is 13.9 Å². The number of nitrogens with zero attached hydrogens (tertiary/aromatic N) is 2. The van der Waals surface area contributed by atoms with Gasteiger partial charge in [-0.25, -0.2) is 4.98 Å². The second-order valence-corrected chi connectivity index (χ2v) is 5.93. The first-order valence-corrected chi connectivity index (χ1v) is 8.27. The maximum absolute atomic E-state index is 12.9. The van der Waals surface area contributed by atoms with Gasteiger partial charge in [-0.2, -0.15) is 0 Å². The van der Waals surface area contributed by atoms with Crippen LogP contribution in [0, 0.1) is 10.1 Å². The summed E-state index contributed by atoms with van der Waals surface area (Å²) < 4.78 is 16.4.